The van der Waals surface area contributed by atoms with E-state index in [4.69, 9.17) is 18.0 Å². The van der Waals surface area contributed by atoms with Crippen molar-refractivity contribution >= 4 is 34.7 Å². The van der Waals surface area contributed by atoms with Crippen molar-refractivity contribution in [2.45, 2.75) is 12.5 Å². The summed E-state index contributed by atoms with van der Waals surface area (Å²) in [6, 6.07) is 3.20. The number of nitrogens with one attached hydrogen (secondary N) is 1. The quantitative estimate of drug-likeness (QED) is 0.628. The van der Waals surface area contributed by atoms with Gasteiger partial charge in [-0.15, -0.1) is 0 Å². The zero-order valence-electron chi connectivity index (χ0n) is 10.1. The number of anilines is 1. The van der Waals surface area contributed by atoms with Gasteiger partial charge in [-0.05, 0) is 18.2 Å². The summed E-state index contributed by atoms with van der Waals surface area (Å²) in [6.45, 7) is 0. The molecule has 2 rings (SSSR count). The highest BCUT2D eigenvalue weighted by molar-refractivity contribution is 7.80. The molecule has 19 heavy (non-hydrogen) atoms. The van der Waals surface area contributed by atoms with Crippen LogP contribution in [0.3, 0.4) is 0 Å². The molecule has 0 bridgehead atoms. The minimum Gasteiger partial charge on any atom is -0.389 e. The van der Waals surface area contributed by atoms with Crippen LogP contribution in [-0.2, 0) is 9.59 Å². The average Bonchev–Trinajstić information content (AvgIpc) is 2.59. The number of thiocarbonyl (C=S) groups is 1. The van der Waals surface area contributed by atoms with Gasteiger partial charge < -0.3 is 11.1 Å². The molecule has 2 amide bonds. The van der Waals surface area contributed by atoms with Gasteiger partial charge in [-0.25, -0.2) is 4.39 Å². The second-order valence-electron chi connectivity index (χ2n) is 4.25. The van der Waals surface area contributed by atoms with Crippen LogP contribution in [0.5, 0.6) is 0 Å². The van der Waals surface area contributed by atoms with Crippen molar-refractivity contribution in [2.75, 3.05) is 12.4 Å². The summed E-state index contributed by atoms with van der Waals surface area (Å²) >= 11 is 4.83. The summed E-state index contributed by atoms with van der Waals surface area (Å²) in [5.41, 5.74) is 6.26. The highest BCUT2D eigenvalue weighted by Gasteiger charge is 2.36. The van der Waals surface area contributed by atoms with Crippen LogP contribution in [0.25, 0.3) is 0 Å². The van der Waals surface area contributed by atoms with Crippen LogP contribution in [-0.4, -0.2) is 34.8 Å². The van der Waals surface area contributed by atoms with Crippen LogP contribution < -0.4 is 11.1 Å². The number of halogens is 1. The molecule has 0 radical (unpaired) electrons. The molecule has 1 heterocycles. The Labute approximate surface area is 114 Å². The molecule has 5 nitrogen and oxygen atoms in total. The zero-order chi connectivity index (χ0) is 14.2. The van der Waals surface area contributed by atoms with Gasteiger partial charge in [0.05, 0.1) is 6.42 Å². The van der Waals surface area contributed by atoms with E-state index in [1.807, 2.05) is 0 Å². The summed E-state index contributed by atoms with van der Waals surface area (Å²) in [5.74, 6) is -1.07. The Balaban J connectivity index is 2.27. The fourth-order valence-electron chi connectivity index (χ4n) is 1.90. The van der Waals surface area contributed by atoms with Crippen molar-refractivity contribution in [2.24, 2.45) is 5.73 Å². The van der Waals surface area contributed by atoms with E-state index in [1.54, 1.807) is 0 Å². The molecule has 100 valence electrons. The average molecular weight is 281 g/mol. The van der Waals surface area contributed by atoms with E-state index in [9.17, 15) is 14.0 Å². The fraction of sp³-hybridized carbons (Fsp3) is 0.250. The van der Waals surface area contributed by atoms with Gasteiger partial charge in [0.2, 0.25) is 5.91 Å². The van der Waals surface area contributed by atoms with Gasteiger partial charge in [0.15, 0.2) is 0 Å². The van der Waals surface area contributed by atoms with Gasteiger partial charge in [-0.1, -0.05) is 12.2 Å². The van der Waals surface area contributed by atoms with Crippen LogP contribution in [0.4, 0.5) is 10.1 Å². The monoisotopic (exact) mass is 281 g/mol. The van der Waals surface area contributed by atoms with Crippen molar-refractivity contribution in [3.8, 4) is 0 Å². The van der Waals surface area contributed by atoms with E-state index < -0.39 is 11.9 Å². The Hall–Kier alpha value is -2.02. The number of benzene rings is 1. The SMILES string of the molecule is CN1C(=O)CC(Nc2ccc(F)cc2C(N)=S)C1=O. The van der Waals surface area contributed by atoms with Crippen molar-refractivity contribution < 1.29 is 14.0 Å². The number of imide groups is 1. The van der Waals surface area contributed by atoms with E-state index in [2.05, 4.69) is 5.32 Å². The minimum absolute atomic E-state index is 0.0205. The van der Waals surface area contributed by atoms with Crippen LogP contribution in [0.15, 0.2) is 18.2 Å². The largest absolute Gasteiger partial charge is 0.389 e. The number of nitrogens with two attached hydrogens (primary N) is 1. The van der Waals surface area contributed by atoms with Gasteiger partial charge >= 0.3 is 0 Å². The smallest absolute Gasteiger partial charge is 0.251 e. The summed E-state index contributed by atoms with van der Waals surface area (Å²) in [7, 11) is 1.42. The number of hydrogen-bond donors (Lipinski definition) is 2. The second-order valence-corrected chi connectivity index (χ2v) is 4.69. The van der Waals surface area contributed by atoms with Crippen molar-refractivity contribution in [3.63, 3.8) is 0 Å². The van der Waals surface area contributed by atoms with Crippen molar-refractivity contribution in [1.82, 2.24) is 4.90 Å². The summed E-state index contributed by atoms with van der Waals surface area (Å²) < 4.78 is 13.1. The lowest BCUT2D eigenvalue weighted by molar-refractivity contribution is -0.136. The maximum Gasteiger partial charge on any atom is 0.251 e. The van der Waals surface area contributed by atoms with Gasteiger partial charge in [0, 0.05) is 18.3 Å². The molecule has 1 fully saturated rings. The number of likely N-dealkylation sites (N-methyl/N-ethyl adjacent to an activating group) is 1. The Morgan fingerprint density at radius 1 is 1.53 bits per heavy atom. The second kappa shape index (κ2) is 4.93. The molecule has 3 N–H and O–H groups in total. The van der Waals surface area contributed by atoms with Gasteiger partial charge in [-0.2, -0.15) is 0 Å². The van der Waals surface area contributed by atoms with Crippen molar-refractivity contribution in [1.29, 1.82) is 0 Å². The number of rotatable bonds is 3. The molecule has 0 spiro atoms. The molecule has 1 aliphatic rings. The maximum absolute atomic E-state index is 13.1. The van der Waals surface area contributed by atoms with Crippen molar-refractivity contribution in [3.05, 3.63) is 29.6 Å². The topological polar surface area (TPSA) is 75.4 Å². The maximum atomic E-state index is 13.1. The normalized spacial score (nSPS) is 18.8. The molecule has 1 unspecified atom stereocenters. The third-order valence-electron chi connectivity index (χ3n) is 2.96. The molecular formula is C12H12FN3O2S. The predicted molar refractivity (Wildman–Crippen MR) is 72.1 cm³/mol. The molecule has 1 saturated heterocycles. The molecule has 0 aromatic heterocycles. The molecule has 1 atom stereocenters. The molecule has 1 aromatic rings. The van der Waals surface area contributed by atoms with E-state index in [0.717, 1.165) is 4.90 Å². The summed E-state index contributed by atoms with van der Waals surface area (Å²) in [5, 5.41) is 2.88. The number of hydrogen-bond acceptors (Lipinski definition) is 4. The lowest BCUT2D eigenvalue weighted by Crippen LogP contribution is -2.32. The first-order valence-electron chi connectivity index (χ1n) is 5.56. The van der Waals surface area contributed by atoms with E-state index >= 15 is 0 Å². The van der Waals surface area contributed by atoms with Gasteiger partial charge in [-0.3, -0.25) is 14.5 Å². The first kappa shape index (κ1) is 13.4. The third kappa shape index (κ3) is 2.55. The predicted octanol–water partition coefficient (Wildman–Crippen LogP) is 0.629. The Bertz CT molecular complexity index is 576. The lowest BCUT2D eigenvalue weighted by Gasteiger charge is -2.15. The highest BCUT2D eigenvalue weighted by Crippen LogP contribution is 2.21. The van der Waals surface area contributed by atoms with E-state index in [0.29, 0.717) is 11.3 Å². The number of nitrogens with zero attached hydrogens (tertiary/aromatic N) is 1. The van der Waals surface area contributed by atoms with Crippen LogP contribution in [0, 0.1) is 5.82 Å². The molecule has 7 heteroatoms. The molecule has 1 aliphatic heterocycles. The Morgan fingerprint density at radius 3 is 2.74 bits per heavy atom. The summed E-state index contributed by atoms with van der Waals surface area (Å²) in [4.78, 5) is 24.3. The fourth-order valence-corrected chi connectivity index (χ4v) is 2.07. The van der Waals surface area contributed by atoms with Crippen LogP contribution in [0.2, 0.25) is 0 Å². The molecule has 1 aromatic carbocycles. The lowest BCUT2D eigenvalue weighted by atomic mass is 10.1. The Kier molecular flexibility index (Phi) is 3.48. The number of amides is 2. The third-order valence-corrected chi connectivity index (χ3v) is 3.18. The van der Waals surface area contributed by atoms with E-state index in [1.165, 1.54) is 25.2 Å². The minimum atomic E-state index is -0.670. The van der Waals surface area contributed by atoms with Gasteiger partial charge in [0.1, 0.15) is 16.8 Å². The number of carbonyl (C=O) groups excluding carboxylic acids is 2. The summed E-state index contributed by atoms with van der Waals surface area (Å²) in [6.07, 6.45) is 0.0590. The first-order chi connectivity index (χ1) is 8.90. The highest BCUT2D eigenvalue weighted by atomic mass is 32.1. The zero-order valence-corrected chi connectivity index (χ0v) is 11.0. The number of carbonyl (C=O) groups is 2. The molecule has 0 aliphatic carbocycles. The van der Waals surface area contributed by atoms with Gasteiger partial charge in [0.25, 0.3) is 5.91 Å². The first-order valence-corrected chi connectivity index (χ1v) is 5.97. The molecule has 0 saturated carbocycles. The Morgan fingerprint density at radius 2 is 2.21 bits per heavy atom. The van der Waals surface area contributed by atoms with E-state index in [-0.39, 0.29) is 23.2 Å². The van der Waals surface area contributed by atoms with Crippen LogP contribution >= 0.6 is 12.2 Å². The molecular weight excluding hydrogens is 269 g/mol. The standard InChI is InChI=1S/C12H12FN3O2S/c1-16-10(17)5-9(12(16)18)15-8-3-2-6(13)4-7(8)11(14)19/h2-4,9,15H,5H2,1H3,(H2,14,19). The van der Waals surface area contributed by atoms with Crippen LogP contribution in [0.1, 0.15) is 12.0 Å². The number of likely N-dealkylation sites (tertiary alicyclic amines) is 1.